The molecule has 27 heavy (non-hydrogen) atoms. The van der Waals surface area contributed by atoms with Crippen LogP contribution in [0.15, 0.2) is 54.6 Å². The largest absolute Gasteiger partial charge is 0.481 e. The normalized spacial score (nSPS) is 20.7. The number of nitrogens with zero attached hydrogens (tertiary/aromatic N) is 1. The molecule has 1 heterocycles. The molecule has 1 fully saturated rings. The van der Waals surface area contributed by atoms with Crippen molar-refractivity contribution < 1.29 is 24.2 Å². The number of morpholine rings is 1. The van der Waals surface area contributed by atoms with Gasteiger partial charge in [0, 0.05) is 6.54 Å². The molecule has 1 N–H and O–H groups in total. The van der Waals surface area contributed by atoms with Crippen LogP contribution in [0.2, 0.25) is 0 Å². The van der Waals surface area contributed by atoms with Crippen LogP contribution < -0.4 is 4.74 Å². The number of benzene rings is 2. The molecule has 0 aliphatic carbocycles. The minimum atomic E-state index is -1.07. The highest BCUT2D eigenvalue weighted by Gasteiger charge is 2.34. The lowest BCUT2D eigenvalue weighted by Gasteiger charge is -2.36. The first-order valence-electron chi connectivity index (χ1n) is 8.93. The van der Waals surface area contributed by atoms with Crippen molar-refractivity contribution >= 4 is 11.9 Å². The lowest BCUT2D eigenvalue weighted by atomic mass is 10.1. The number of carbonyl (C=O) groups excluding carboxylic acids is 1. The molecule has 0 radical (unpaired) electrons. The summed E-state index contributed by atoms with van der Waals surface area (Å²) in [5, 5.41) is 9.16. The Bertz CT molecular complexity index is 790. The summed E-state index contributed by atoms with van der Waals surface area (Å²) >= 11 is 0. The van der Waals surface area contributed by atoms with E-state index >= 15 is 0 Å². The summed E-state index contributed by atoms with van der Waals surface area (Å²) in [5.74, 6) is -0.723. The van der Waals surface area contributed by atoms with Crippen molar-refractivity contribution in [3.63, 3.8) is 0 Å². The van der Waals surface area contributed by atoms with Crippen LogP contribution in [0.3, 0.4) is 0 Å². The van der Waals surface area contributed by atoms with Gasteiger partial charge < -0.3 is 19.5 Å². The fourth-order valence-electron chi connectivity index (χ4n) is 3.14. The Labute approximate surface area is 158 Å². The highest BCUT2D eigenvalue weighted by Crippen LogP contribution is 2.23. The molecule has 6 nitrogen and oxygen atoms in total. The molecule has 1 amide bonds. The molecule has 3 atom stereocenters. The fourth-order valence-corrected chi connectivity index (χ4v) is 3.14. The van der Waals surface area contributed by atoms with Gasteiger partial charge in [-0.05, 0) is 37.1 Å². The monoisotopic (exact) mass is 369 g/mol. The van der Waals surface area contributed by atoms with Gasteiger partial charge in [0.25, 0.3) is 5.91 Å². The number of carboxylic acid groups (broad SMARTS) is 1. The number of aliphatic carboxylic acids is 1. The molecule has 1 aliphatic rings. The first-order valence-corrected chi connectivity index (χ1v) is 8.93. The van der Waals surface area contributed by atoms with E-state index < -0.39 is 18.2 Å². The van der Waals surface area contributed by atoms with E-state index in [1.807, 2.05) is 54.6 Å². The third-order valence-corrected chi connectivity index (χ3v) is 4.47. The second-order valence-electron chi connectivity index (χ2n) is 6.67. The van der Waals surface area contributed by atoms with E-state index in [-0.39, 0.29) is 18.6 Å². The number of carboxylic acids is 1. The van der Waals surface area contributed by atoms with Gasteiger partial charge in [-0.15, -0.1) is 0 Å². The van der Waals surface area contributed by atoms with Crippen molar-refractivity contribution in [1.82, 2.24) is 4.90 Å². The van der Waals surface area contributed by atoms with E-state index in [2.05, 4.69) is 0 Å². The molecule has 1 aliphatic heterocycles. The number of carbonyl (C=O) groups is 2. The SMILES string of the molecule is CC(Oc1ccc(-c2ccccc2)cc1)C(=O)N1CC(C(=O)O)O[C@H](C)C1. The maximum absolute atomic E-state index is 12.7. The van der Waals surface area contributed by atoms with Crippen LogP contribution in [0.4, 0.5) is 0 Å². The standard InChI is InChI=1S/C21H23NO5/c1-14-12-22(13-19(26-14)21(24)25)20(23)15(2)27-18-10-8-17(9-11-18)16-6-4-3-5-7-16/h3-11,14-15,19H,12-13H2,1-2H3,(H,24,25)/t14-,15?,19?/m1/s1. The Kier molecular flexibility index (Phi) is 5.76. The quantitative estimate of drug-likeness (QED) is 0.877. The lowest BCUT2D eigenvalue weighted by molar-refractivity contribution is -0.168. The van der Waals surface area contributed by atoms with Crippen LogP contribution in [0.5, 0.6) is 5.75 Å². The summed E-state index contributed by atoms with van der Waals surface area (Å²) in [4.78, 5) is 25.3. The molecule has 2 aromatic carbocycles. The molecule has 6 heteroatoms. The average molecular weight is 369 g/mol. The first-order chi connectivity index (χ1) is 12.9. The molecule has 0 spiro atoms. The van der Waals surface area contributed by atoms with E-state index in [0.717, 1.165) is 11.1 Å². The Morgan fingerprint density at radius 1 is 1.07 bits per heavy atom. The average Bonchev–Trinajstić information content (AvgIpc) is 2.68. The van der Waals surface area contributed by atoms with Crippen molar-refractivity contribution in [1.29, 1.82) is 0 Å². The predicted molar refractivity (Wildman–Crippen MR) is 101 cm³/mol. The molecule has 0 bridgehead atoms. The van der Waals surface area contributed by atoms with E-state index in [9.17, 15) is 9.59 Å². The topological polar surface area (TPSA) is 76.1 Å². The van der Waals surface area contributed by atoms with Gasteiger partial charge in [-0.25, -0.2) is 4.79 Å². The summed E-state index contributed by atoms with van der Waals surface area (Å²) in [5.41, 5.74) is 2.17. The molecule has 0 aromatic heterocycles. The molecule has 142 valence electrons. The van der Waals surface area contributed by atoms with Crippen molar-refractivity contribution in [2.75, 3.05) is 13.1 Å². The summed E-state index contributed by atoms with van der Waals surface area (Å²) in [6.45, 7) is 3.80. The second-order valence-corrected chi connectivity index (χ2v) is 6.67. The van der Waals surface area contributed by atoms with Crippen LogP contribution in [0.1, 0.15) is 13.8 Å². The highest BCUT2D eigenvalue weighted by atomic mass is 16.5. The van der Waals surface area contributed by atoms with Crippen LogP contribution in [-0.2, 0) is 14.3 Å². The molecule has 2 aromatic rings. The van der Waals surface area contributed by atoms with E-state index in [4.69, 9.17) is 14.6 Å². The maximum Gasteiger partial charge on any atom is 0.334 e. The van der Waals surface area contributed by atoms with Crippen LogP contribution in [-0.4, -0.2) is 53.3 Å². The van der Waals surface area contributed by atoms with Crippen molar-refractivity contribution in [2.45, 2.75) is 32.2 Å². The summed E-state index contributed by atoms with van der Waals surface area (Å²) in [6.07, 6.45) is -2.05. The van der Waals surface area contributed by atoms with Gasteiger partial charge in [0.15, 0.2) is 12.2 Å². The van der Waals surface area contributed by atoms with Crippen LogP contribution in [0, 0.1) is 0 Å². The van der Waals surface area contributed by atoms with Gasteiger partial charge in [0.1, 0.15) is 5.75 Å². The Morgan fingerprint density at radius 2 is 1.70 bits per heavy atom. The molecule has 1 saturated heterocycles. The molecular weight excluding hydrogens is 346 g/mol. The lowest BCUT2D eigenvalue weighted by Crippen LogP contribution is -2.54. The third kappa shape index (κ3) is 4.65. The highest BCUT2D eigenvalue weighted by molar-refractivity contribution is 5.82. The van der Waals surface area contributed by atoms with Gasteiger partial charge >= 0.3 is 5.97 Å². The van der Waals surface area contributed by atoms with Gasteiger partial charge in [-0.2, -0.15) is 0 Å². The maximum atomic E-state index is 12.7. The van der Waals surface area contributed by atoms with Crippen LogP contribution in [0.25, 0.3) is 11.1 Å². The number of hydrogen-bond donors (Lipinski definition) is 1. The minimum Gasteiger partial charge on any atom is -0.481 e. The zero-order valence-corrected chi connectivity index (χ0v) is 15.4. The Balaban J connectivity index is 1.63. The summed E-state index contributed by atoms with van der Waals surface area (Å²) in [6, 6.07) is 17.5. The zero-order valence-electron chi connectivity index (χ0n) is 15.4. The number of amides is 1. The molecular formula is C21H23NO5. The van der Waals surface area contributed by atoms with Gasteiger partial charge in [0.05, 0.1) is 12.6 Å². The Hall–Kier alpha value is -2.86. The minimum absolute atomic E-state index is 0.0269. The Morgan fingerprint density at radius 3 is 2.33 bits per heavy atom. The fraction of sp³-hybridized carbons (Fsp3) is 0.333. The zero-order chi connectivity index (χ0) is 19.4. The van der Waals surface area contributed by atoms with E-state index in [1.54, 1.807) is 13.8 Å². The molecule has 0 saturated carbocycles. The second kappa shape index (κ2) is 8.22. The van der Waals surface area contributed by atoms with Gasteiger partial charge in [-0.3, -0.25) is 4.79 Å². The predicted octanol–water partition coefficient (Wildman–Crippen LogP) is 2.82. The van der Waals surface area contributed by atoms with Crippen molar-refractivity contribution in [2.24, 2.45) is 0 Å². The third-order valence-electron chi connectivity index (χ3n) is 4.47. The smallest absolute Gasteiger partial charge is 0.334 e. The first kappa shape index (κ1) is 18.9. The number of ether oxygens (including phenoxy) is 2. The molecule has 2 unspecified atom stereocenters. The van der Waals surface area contributed by atoms with Crippen molar-refractivity contribution in [3.8, 4) is 16.9 Å². The summed E-state index contributed by atoms with van der Waals surface area (Å²) < 4.78 is 11.1. The van der Waals surface area contributed by atoms with Gasteiger partial charge in [-0.1, -0.05) is 42.5 Å². The van der Waals surface area contributed by atoms with E-state index in [1.165, 1.54) is 4.90 Å². The van der Waals surface area contributed by atoms with Gasteiger partial charge in [0.2, 0.25) is 0 Å². The van der Waals surface area contributed by atoms with E-state index in [0.29, 0.717) is 12.3 Å². The number of hydrogen-bond acceptors (Lipinski definition) is 4. The molecule has 3 rings (SSSR count). The van der Waals surface area contributed by atoms with Crippen molar-refractivity contribution in [3.05, 3.63) is 54.6 Å². The summed E-state index contributed by atoms with van der Waals surface area (Å²) in [7, 11) is 0. The number of rotatable bonds is 5. The van der Waals surface area contributed by atoms with Crippen LogP contribution >= 0.6 is 0 Å².